The van der Waals surface area contributed by atoms with Crippen LogP contribution in [0.25, 0.3) is 0 Å². The molecule has 166 valence electrons. The second kappa shape index (κ2) is 9.49. The molecule has 1 aromatic rings. The van der Waals surface area contributed by atoms with Crippen LogP contribution in [0.4, 0.5) is 4.79 Å². The fourth-order valence-electron chi connectivity index (χ4n) is 3.45. The Hall–Kier alpha value is -2.57. The molecule has 0 saturated carbocycles. The minimum Gasteiger partial charge on any atom is -0.462 e. The van der Waals surface area contributed by atoms with Crippen molar-refractivity contribution in [2.75, 3.05) is 6.54 Å². The van der Waals surface area contributed by atoms with Gasteiger partial charge in [0.15, 0.2) is 5.92 Å². The van der Waals surface area contributed by atoms with Crippen LogP contribution in [-0.4, -0.2) is 47.3 Å². The van der Waals surface area contributed by atoms with Gasteiger partial charge in [-0.05, 0) is 66.0 Å². The van der Waals surface area contributed by atoms with Crippen LogP contribution < -0.4 is 0 Å². The van der Waals surface area contributed by atoms with E-state index in [0.29, 0.717) is 13.0 Å². The van der Waals surface area contributed by atoms with Crippen molar-refractivity contribution in [1.29, 1.82) is 0 Å². The molecule has 1 aliphatic rings. The summed E-state index contributed by atoms with van der Waals surface area (Å²) in [4.78, 5) is 40.5. The van der Waals surface area contributed by atoms with E-state index >= 15 is 0 Å². The van der Waals surface area contributed by atoms with Crippen LogP contribution in [-0.2, 0) is 30.2 Å². The van der Waals surface area contributed by atoms with E-state index in [2.05, 4.69) is 0 Å². The molecule has 2 rings (SSSR count). The molecular weight excluding hydrogens is 386 g/mol. The first kappa shape index (κ1) is 23.7. The van der Waals surface area contributed by atoms with Gasteiger partial charge in [-0.2, -0.15) is 0 Å². The second-order valence-electron chi connectivity index (χ2n) is 9.02. The molecule has 0 N–H and O–H groups in total. The van der Waals surface area contributed by atoms with Gasteiger partial charge in [0.2, 0.25) is 0 Å². The van der Waals surface area contributed by atoms with Gasteiger partial charge in [-0.25, -0.2) is 4.79 Å². The molecule has 0 radical (unpaired) electrons. The molecule has 1 amide bonds. The van der Waals surface area contributed by atoms with Gasteiger partial charge < -0.3 is 14.2 Å². The molecule has 0 unspecified atom stereocenters. The largest absolute Gasteiger partial charge is 0.462 e. The van der Waals surface area contributed by atoms with Crippen LogP contribution >= 0.6 is 0 Å². The number of benzene rings is 1. The molecule has 0 aromatic heterocycles. The third-order valence-electron chi connectivity index (χ3n) is 4.49. The minimum atomic E-state index is -1.32. The lowest BCUT2D eigenvalue weighted by Crippen LogP contribution is -2.50. The summed E-state index contributed by atoms with van der Waals surface area (Å²) in [5.41, 5.74) is 0.980. The maximum atomic E-state index is 13.0. The predicted molar refractivity (Wildman–Crippen MR) is 112 cm³/mol. The van der Waals surface area contributed by atoms with E-state index in [9.17, 15) is 14.4 Å². The van der Waals surface area contributed by atoms with Crippen molar-refractivity contribution in [2.45, 2.75) is 78.7 Å². The van der Waals surface area contributed by atoms with E-state index in [0.717, 1.165) is 11.1 Å². The Kier molecular flexibility index (Phi) is 7.50. The van der Waals surface area contributed by atoms with Gasteiger partial charge in [0.05, 0.1) is 18.2 Å². The van der Waals surface area contributed by atoms with Crippen molar-refractivity contribution < 1.29 is 28.6 Å². The number of ether oxygens (including phenoxy) is 3. The molecule has 1 atom stereocenters. The first-order valence-corrected chi connectivity index (χ1v) is 10.4. The number of esters is 2. The normalized spacial score (nSPS) is 16.5. The smallest absolute Gasteiger partial charge is 0.410 e. The SMILES string of the molecule is CC(C)OC(=O)C(C(=O)OC(C)C)[C@H]1c2ccccc2CCN1C(=O)OC(C)(C)C. The van der Waals surface area contributed by atoms with Crippen LogP contribution in [0.2, 0.25) is 0 Å². The lowest BCUT2D eigenvalue weighted by molar-refractivity contribution is -0.170. The first-order chi connectivity index (χ1) is 13.9. The van der Waals surface area contributed by atoms with E-state index in [1.165, 1.54) is 4.90 Å². The summed E-state index contributed by atoms with van der Waals surface area (Å²) in [6.07, 6.45) is -0.820. The quantitative estimate of drug-likeness (QED) is 0.407. The van der Waals surface area contributed by atoms with Crippen molar-refractivity contribution in [3.05, 3.63) is 35.4 Å². The molecule has 0 bridgehead atoms. The lowest BCUT2D eigenvalue weighted by atomic mass is 9.84. The first-order valence-electron chi connectivity index (χ1n) is 10.4. The predicted octanol–water partition coefficient (Wildman–Crippen LogP) is 4.04. The van der Waals surface area contributed by atoms with E-state index in [1.807, 2.05) is 24.3 Å². The number of amides is 1. The number of fused-ring (bicyclic) bond motifs is 1. The summed E-state index contributed by atoms with van der Waals surface area (Å²) < 4.78 is 16.4. The maximum absolute atomic E-state index is 13.0. The Labute approximate surface area is 178 Å². The molecular formula is C23H33NO6. The highest BCUT2D eigenvalue weighted by molar-refractivity contribution is 5.96. The van der Waals surface area contributed by atoms with Crippen LogP contribution in [0.15, 0.2) is 24.3 Å². The molecule has 0 aliphatic carbocycles. The van der Waals surface area contributed by atoms with Crippen molar-refractivity contribution in [1.82, 2.24) is 4.90 Å². The molecule has 7 nitrogen and oxygen atoms in total. The van der Waals surface area contributed by atoms with E-state index in [4.69, 9.17) is 14.2 Å². The Morgan fingerprint density at radius 1 is 0.967 bits per heavy atom. The van der Waals surface area contributed by atoms with Crippen LogP contribution in [0.1, 0.15) is 65.6 Å². The van der Waals surface area contributed by atoms with Crippen LogP contribution in [0, 0.1) is 5.92 Å². The van der Waals surface area contributed by atoms with Gasteiger partial charge in [-0.15, -0.1) is 0 Å². The third kappa shape index (κ3) is 5.97. The van der Waals surface area contributed by atoms with E-state index < -0.39 is 47.8 Å². The van der Waals surface area contributed by atoms with Crippen molar-refractivity contribution in [3.63, 3.8) is 0 Å². The van der Waals surface area contributed by atoms with Crippen molar-refractivity contribution >= 4 is 18.0 Å². The Balaban J connectivity index is 2.55. The topological polar surface area (TPSA) is 82.1 Å². The summed E-state index contributed by atoms with van der Waals surface area (Å²) in [5.74, 6) is -2.75. The highest BCUT2D eigenvalue weighted by atomic mass is 16.6. The monoisotopic (exact) mass is 419 g/mol. The number of carbonyl (C=O) groups is 3. The zero-order valence-electron chi connectivity index (χ0n) is 18.9. The number of carbonyl (C=O) groups excluding carboxylic acids is 3. The number of hydrogen-bond donors (Lipinski definition) is 0. The van der Waals surface area contributed by atoms with E-state index in [1.54, 1.807) is 48.5 Å². The van der Waals surface area contributed by atoms with Gasteiger partial charge in [0.25, 0.3) is 0 Å². The molecule has 1 heterocycles. The maximum Gasteiger partial charge on any atom is 0.410 e. The zero-order valence-corrected chi connectivity index (χ0v) is 18.9. The van der Waals surface area contributed by atoms with Crippen molar-refractivity contribution in [3.8, 4) is 0 Å². The summed E-state index contributed by atoms with van der Waals surface area (Å²) in [6.45, 7) is 12.5. The standard InChI is InChI=1S/C23H33NO6/c1-14(2)28-20(25)18(21(26)29-15(3)4)19-17-11-9-8-10-16(17)12-13-24(19)22(27)30-23(5,6)7/h8-11,14-15,18-19H,12-13H2,1-7H3/t19-/m1/s1. The third-order valence-corrected chi connectivity index (χ3v) is 4.49. The van der Waals surface area contributed by atoms with Crippen molar-refractivity contribution in [2.24, 2.45) is 5.92 Å². The highest BCUT2D eigenvalue weighted by Crippen LogP contribution is 2.38. The molecule has 0 fully saturated rings. The lowest BCUT2D eigenvalue weighted by Gasteiger charge is -2.40. The summed E-state index contributed by atoms with van der Waals surface area (Å²) in [6, 6.07) is 6.61. The minimum absolute atomic E-state index is 0.316. The van der Waals surface area contributed by atoms with Gasteiger partial charge in [-0.3, -0.25) is 14.5 Å². The number of nitrogens with zero attached hydrogens (tertiary/aromatic N) is 1. The van der Waals surface area contributed by atoms with E-state index in [-0.39, 0.29) is 0 Å². The molecule has 7 heteroatoms. The number of hydrogen-bond acceptors (Lipinski definition) is 6. The summed E-state index contributed by atoms with van der Waals surface area (Å²) in [7, 11) is 0. The fourth-order valence-corrected chi connectivity index (χ4v) is 3.45. The summed E-state index contributed by atoms with van der Waals surface area (Å²) in [5, 5.41) is 0. The van der Waals surface area contributed by atoms with Gasteiger partial charge >= 0.3 is 18.0 Å². The molecule has 1 aromatic carbocycles. The average Bonchev–Trinajstić information content (AvgIpc) is 2.59. The van der Waals surface area contributed by atoms with Gasteiger partial charge in [0.1, 0.15) is 5.60 Å². The Morgan fingerprint density at radius 3 is 2.00 bits per heavy atom. The summed E-state index contributed by atoms with van der Waals surface area (Å²) >= 11 is 0. The van der Waals surface area contributed by atoms with Gasteiger partial charge in [-0.1, -0.05) is 24.3 Å². The van der Waals surface area contributed by atoms with Gasteiger partial charge in [0, 0.05) is 6.54 Å². The van der Waals surface area contributed by atoms with Crippen LogP contribution in [0.5, 0.6) is 0 Å². The Morgan fingerprint density at radius 2 is 1.50 bits per heavy atom. The Bertz CT molecular complexity index is 758. The molecule has 0 spiro atoms. The molecule has 1 aliphatic heterocycles. The number of rotatable bonds is 5. The average molecular weight is 420 g/mol. The van der Waals surface area contributed by atoms with Crippen LogP contribution in [0.3, 0.4) is 0 Å². The molecule has 0 saturated heterocycles. The highest BCUT2D eigenvalue weighted by Gasteiger charge is 2.47. The molecule has 30 heavy (non-hydrogen) atoms. The second-order valence-corrected chi connectivity index (χ2v) is 9.02. The zero-order chi connectivity index (χ0) is 22.6. The fraction of sp³-hybridized carbons (Fsp3) is 0.609.